The van der Waals surface area contributed by atoms with Crippen molar-refractivity contribution in [2.24, 2.45) is 5.41 Å². The number of urea groups is 1. The molecule has 2 aromatic rings. The number of hydrogen-bond donors (Lipinski definition) is 1. The summed E-state index contributed by atoms with van der Waals surface area (Å²) in [5.41, 5.74) is 3.02. The zero-order chi connectivity index (χ0) is 27.0. The number of nitrogens with zero attached hydrogens (tertiary/aromatic N) is 5. The standard InChI is InChI=1S/C30H44N6O2/c1-21-32-26-20-33(28(37)30(2,3)4)17-14-27(26)36(21)25-18-23-12-13-24(19-25)34(23)15-9-16-35(29(38)31-5)22-10-7-6-8-11-22/h6-8,10-11,23-25H,9,12-20H2,1-5H3,(H,31,38). The van der Waals surface area contributed by atoms with Crippen molar-refractivity contribution >= 4 is 17.6 Å². The molecule has 8 nitrogen and oxygen atoms in total. The van der Waals surface area contributed by atoms with Crippen LogP contribution in [0.4, 0.5) is 10.5 Å². The molecule has 0 aliphatic carbocycles. The van der Waals surface area contributed by atoms with Gasteiger partial charge in [0.05, 0.1) is 12.2 Å². The van der Waals surface area contributed by atoms with Crippen molar-refractivity contribution in [2.45, 2.75) is 90.9 Å². The molecule has 0 radical (unpaired) electrons. The smallest absolute Gasteiger partial charge is 0.321 e. The molecule has 38 heavy (non-hydrogen) atoms. The molecule has 2 fully saturated rings. The third kappa shape index (κ3) is 5.20. The molecule has 4 heterocycles. The van der Waals surface area contributed by atoms with Crippen LogP contribution in [0.3, 0.4) is 0 Å². The second-order valence-electron chi connectivity index (χ2n) is 12.3. The van der Waals surface area contributed by atoms with Crippen LogP contribution in [-0.4, -0.2) is 70.1 Å². The Balaban J connectivity index is 1.22. The fourth-order valence-electron chi connectivity index (χ4n) is 7.00. The number of imidazole rings is 1. The van der Waals surface area contributed by atoms with Gasteiger partial charge in [0.25, 0.3) is 0 Å². The lowest BCUT2D eigenvalue weighted by Gasteiger charge is -2.41. The number of nitrogens with one attached hydrogen (secondary N) is 1. The molecular formula is C30H44N6O2. The average Bonchev–Trinajstić information content (AvgIpc) is 3.35. The summed E-state index contributed by atoms with van der Waals surface area (Å²) in [5.74, 6) is 1.31. The van der Waals surface area contributed by atoms with E-state index in [0.717, 1.165) is 56.0 Å². The third-order valence-electron chi connectivity index (χ3n) is 8.71. The van der Waals surface area contributed by atoms with Crippen molar-refractivity contribution in [1.82, 2.24) is 24.7 Å². The average molecular weight is 521 g/mol. The monoisotopic (exact) mass is 520 g/mol. The molecule has 0 spiro atoms. The highest BCUT2D eigenvalue weighted by Crippen LogP contribution is 2.42. The van der Waals surface area contributed by atoms with Crippen LogP contribution in [0.25, 0.3) is 0 Å². The number of fused-ring (bicyclic) bond motifs is 3. The van der Waals surface area contributed by atoms with E-state index in [1.165, 1.54) is 18.5 Å². The first-order valence-electron chi connectivity index (χ1n) is 14.3. The van der Waals surface area contributed by atoms with Gasteiger partial charge in [0.15, 0.2) is 0 Å². The Kier molecular flexibility index (Phi) is 7.54. The molecule has 3 aliphatic rings. The second kappa shape index (κ2) is 10.7. The summed E-state index contributed by atoms with van der Waals surface area (Å²) < 4.78 is 2.53. The van der Waals surface area contributed by atoms with E-state index in [1.54, 1.807) is 7.05 Å². The zero-order valence-corrected chi connectivity index (χ0v) is 23.7. The van der Waals surface area contributed by atoms with Crippen molar-refractivity contribution in [2.75, 3.05) is 31.6 Å². The van der Waals surface area contributed by atoms with E-state index >= 15 is 0 Å². The van der Waals surface area contributed by atoms with Gasteiger partial charge >= 0.3 is 6.03 Å². The number of amides is 3. The van der Waals surface area contributed by atoms with E-state index in [0.29, 0.717) is 31.2 Å². The molecule has 1 aromatic carbocycles. The molecule has 0 saturated carbocycles. The molecule has 2 unspecified atom stereocenters. The molecule has 3 amide bonds. The molecule has 8 heteroatoms. The van der Waals surface area contributed by atoms with Crippen molar-refractivity contribution in [3.05, 3.63) is 47.5 Å². The summed E-state index contributed by atoms with van der Waals surface area (Å²) in [6, 6.07) is 11.5. The molecule has 1 aromatic heterocycles. The molecular weight excluding hydrogens is 476 g/mol. The number of anilines is 1. The number of hydrogen-bond acceptors (Lipinski definition) is 4. The van der Waals surface area contributed by atoms with Gasteiger partial charge in [-0.2, -0.15) is 0 Å². The van der Waals surface area contributed by atoms with Gasteiger partial charge in [-0.05, 0) is 51.2 Å². The van der Waals surface area contributed by atoms with Crippen LogP contribution in [-0.2, 0) is 17.8 Å². The Morgan fingerprint density at radius 2 is 1.76 bits per heavy atom. The zero-order valence-electron chi connectivity index (χ0n) is 23.7. The Hall–Kier alpha value is -2.87. The van der Waals surface area contributed by atoms with Crippen LogP contribution in [0, 0.1) is 12.3 Å². The molecule has 2 atom stereocenters. The highest BCUT2D eigenvalue weighted by atomic mass is 16.2. The third-order valence-corrected chi connectivity index (χ3v) is 8.71. The number of aryl methyl sites for hydroxylation is 1. The Morgan fingerprint density at radius 1 is 1.08 bits per heavy atom. The van der Waals surface area contributed by atoms with Gasteiger partial charge in [0.1, 0.15) is 5.82 Å². The topological polar surface area (TPSA) is 73.7 Å². The summed E-state index contributed by atoms with van der Waals surface area (Å²) in [4.78, 5) is 36.9. The summed E-state index contributed by atoms with van der Waals surface area (Å²) in [6.07, 6.45) is 6.66. The minimum Gasteiger partial charge on any atom is -0.341 e. The number of rotatable bonds is 6. The fourth-order valence-corrected chi connectivity index (χ4v) is 7.00. The molecule has 206 valence electrons. The van der Waals surface area contributed by atoms with Crippen molar-refractivity contribution in [3.8, 4) is 0 Å². The summed E-state index contributed by atoms with van der Waals surface area (Å²) in [6.45, 7) is 11.3. The number of para-hydroxylation sites is 1. The number of piperidine rings is 1. The molecule has 1 N–H and O–H groups in total. The number of benzene rings is 1. The largest absolute Gasteiger partial charge is 0.341 e. The lowest BCUT2D eigenvalue weighted by Crippen LogP contribution is -2.46. The van der Waals surface area contributed by atoms with E-state index in [1.807, 2.05) is 60.9 Å². The van der Waals surface area contributed by atoms with Gasteiger partial charge in [0, 0.05) is 68.0 Å². The van der Waals surface area contributed by atoms with Crippen molar-refractivity contribution in [3.63, 3.8) is 0 Å². The highest BCUT2D eigenvalue weighted by Gasteiger charge is 2.42. The quantitative estimate of drug-likeness (QED) is 0.608. The van der Waals surface area contributed by atoms with Gasteiger partial charge in [-0.25, -0.2) is 9.78 Å². The van der Waals surface area contributed by atoms with E-state index < -0.39 is 0 Å². The minimum atomic E-state index is -0.362. The lowest BCUT2D eigenvalue weighted by atomic mass is 9.93. The maximum absolute atomic E-state index is 12.9. The van der Waals surface area contributed by atoms with Gasteiger partial charge in [-0.15, -0.1) is 0 Å². The number of carbonyl (C=O) groups is 2. The predicted octanol–water partition coefficient (Wildman–Crippen LogP) is 4.53. The lowest BCUT2D eigenvalue weighted by molar-refractivity contribution is -0.140. The summed E-state index contributed by atoms with van der Waals surface area (Å²) >= 11 is 0. The highest BCUT2D eigenvalue weighted by molar-refractivity contribution is 5.91. The predicted molar refractivity (Wildman–Crippen MR) is 150 cm³/mol. The first-order valence-corrected chi connectivity index (χ1v) is 14.3. The SMILES string of the molecule is CNC(=O)N(CCCN1C2CCC1CC(n1c(C)nc3c1CCN(C(=O)C(C)(C)C)C3)C2)c1ccccc1. The fraction of sp³-hybridized carbons (Fsp3) is 0.633. The normalized spacial score (nSPS) is 23.3. The van der Waals surface area contributed by atoms with Crippen LogP contribution in [0.5, 0.6) is 0 Å². The maximum atomic E-state index is 12.9. The van der Waals surface area contributed by atoms with Crippen LogP contribution in [0.1, 0.15) is 76.1 Å². The summed E-state index contributed by atoms with van der Waals surface area (Å²) in [7, 11) is 1.69. The van der Waals surface area contributed by atoms with E-state index in [9.17, 15) is 9.59 Å². The van der Waals surface area contributed by atoms with Gasteiger partial charge in [0.2, 0.25) is 5.91 Å². The Bertz CT molecular complexity index is 1140. The number of aromatic nitrogens is 2. The molecule has 2 saturated heterocycles. The van der Waals surface area contributed by atoms with Crippen LogP contribution in [0.15, 0.2) is 30.3 Å². The van der Waals surface area contributed by atoms with Crippen molar-refractivity contribution < 1.29 is 9.59 Å². The van der Waals surface area contributed by atoms with E-state index in [4.69, 9.17) is 4.98 Å². The Morgan fingerprint density at radius 3 is 2.39 bits per heavy atom. The second-order valence-corrected chi connectivity index (χ2v) is 12.3. The van der Waals surface area contributed by atoms with Crippen LogP contribution < -0.4 is 10.2 Å². The maximum Gasteiger partial charge on any atom is 0.321 e. The summed E-state index contributed by atoms with van der Waals surface area (Å²) in [5, 5.41) is 2.79. The first-order chi connectivity index (χ1) is 18.2. The van der Waals surface area contributed by atoms with E-state index in [-0.39, 0.29) is 17.4 Å². The van der Waals surface area contributed by atoms with Crippen LogP contribution >= 0.6 is 0 Å². The van der Waals surface area contributed by atoms with Crippen molar-refractivity contribution in [1.29, 1.82) is 0 Å². The molecule has 3 aliphatic heterocycles. The van der Waals surface area contributed by atoms with Gasteiger partial charge in [-0.1, -0.05) is 39.0 Å². The first kappa shape index (κ1) is 26.7. The van der Waals surface area contributed by atoms with E-state index in [2.05, 4.69) is 21.7 Å². The Labute approximate surface area is 227 Å². The molecule has 5 rings (SSSR count). The molecule has 2 bridgehead atoms. The van der Waals surface area contributed by atoms with Gasteiger partial charge < -0.3 is 14.8 Å². The minimum absolute atomic E-state index is 0.0546. The van der Waals surface area contributed by atoms with Crippen LogP contribution in [0.2, 0.25) is 0 Å². The number of carbonyl (C=O) groups excluding carboxylic acids is 2. The van der Waals surface area contributed by atoms with Gasteiger partial charge in [-0.3, -0.25) is 14.6 Å².